The summed E-state index contributed by atoms with van der Waals surface area (Å²) in [5.41, 5.74) is 5.09. The highest BCUT2D eigenvalue weighted by molar-refractivity contribution is 5.76. The van der Waals surface area contributed by atoms with Crippen LogP contribution in [0.25, 0.3) is 16.7 Å². The number of nitrogens with zero attached hydrogens (tertiary/aromatic N) is 6. The zero-order valence-electron chi connectivity index (χ0n) is 18.6. The Bertz CT molecular complexity index is 1230. The van der Waals surface area contributed by atoms with Crippen molar-refractivity contribution in [2.24, 2.45) is 13.0 Å². The van der Waals surface area contributed by atoms with Crippen LogP contribution in [0.5, 0.6) is 0 Å². The van der Waals surface area contributed by atoms with E-state index >= 15 is 0 Å². The largest absolute Gasteiger partial charge is 0.396 e. The van der Waals surface area contributed by atoms with Gasteiger partial charge in [0.05, 0.1) is 23.6 Å². The highest BCUT2D eigenvalue weighted by Crippen LogP contribution is 2.27. The number of fused-ring (bicyclic) bond motifs is 2. The summed E-state index contributed by atoms with van der Waals surface area (Å²) >= 11 is 0. The van der Waals surface area contributed by atoms with Crippen LogP contribution in [0.3, 0.4) is 0 Å². The fraction of sp³-hybridized carbons (Fsp3) is 0.478. The van der Waals surface area contributed by atoms with E-state index in [1.165, 1.54) is 6.42 Å². The van der Waals surface area contributed by atoms with E-state index in [0.717, 1.165) is 53.5 Å². The molecule has 1 aliphatic rings. The molecule has 0 unspecified atom stereocenters. The summed E-state index contributed by atoms with van der Waals surface area (Å²) in [5.74, 6) is 1.47. The predicted molar refractivity (Wildman–Crippen MR) is 125 cm³/mol. The van der Waals surface area contributed by atoms with Crippen molar-refractivity contribution < 1.29 is 5.11 Å². The molecule has 0 bridgehead atoms. The minimum Gasteiger partial charge on any atom is -0.396 e. The van der Waals surface area contributed by atoms with Crippen LogP contribution in [0.1, 0.15) is 43.7 Å². The van der Waals surface area contributed by atoms with Crippen molar-refractivity contribution in [3.63, 3.8) is 0 Å². The maximum Gasteiger partial charge on any atom is 0.229 e. The third-order valence-electron chi connectivity index (χ3n) is 6.52. The molecule has 3 heterocycles. The maximum atomic E-state index is 9.79. The van der Waals surface area contributed by atoms with Gasteiger partial charge >= 0.3 is 0 Å². The van der Waals surface area contributed by atoms with Gasteiger partial charge in [0.1, 0.15) is 0 Å². The van der Waals surface area contributed by atoms with Crippen LogP contribution in [0.15, 0.2) is 30.7 Å². The lowest BCUT2D eigenvalue weighted by Gasteiger charge is -2.30. The van der Waals surface area contributed by atoms with Crippen molar-refractivity contribution >= 4 is 28.6 Å². The molecule has 3 N–H and O–H groups in total. The average Bonchev–Trinajstić information content (AvgIpc) is 3.41. The van der Waals surface area contributed by atoms with Crippen LogP contribution in [0.4, 0.5) is 11.9 Å². The van der Waals surface area contributed by atoms with Crippen molar-refractivity contribution in [1.29, 1.82) is 0 Å². The Morgan fingerprint density at radius 2 is 2.06 bits per heavy atom. The predicted octanol–water partition coefficient (Wildman–Crippen LogP) is 3.15. The first-order chi connectivity index (χ1) is 15.7. The summed E-state index contributed by atoms with van der Waals surface area (Å²) in [7, 11) is 2.00. The molecular weight excluding hydrogens is 404 g/mol. The lowest BCUT2D eigenvalue weighted by molar-refractivity contribution is 0.178. The molecule has 0 spiro atoms. The molecule has 1 aromatic carbocycles. The fourth-order valence-corrected chi connectivity index (χ4v) is 4.61. The monoisotopic (exact) mass is 434 g/mol. The van der Waals surface area contributed by atoms with E-state index in [-0.39, 0.29) is 18.6 Å². The number of hydrogen-bond donors (Lipinski definition) is 3. The normalized spacial score (nSPS) is 19.0. The molecule has 2 atom stereocenters. The SMILES string of the molecule is CCc1cnn2c(NCc3ccc4c(c3)ncn4C)nc(N[C@H]3CCCC[C@H]3CO)nc12. The molecule has 5 rings (SSSR count). The number of benzene rings is 1. The van der Waals surface area contributed by atoms with E-state index in [1.54, 1.807) is 4.52 Å². The number of aryl methyl sites for hydroxylation is 2. The van der Waals surface area contributed by atoms with Crippen LogP contribution in [0.2, 0.25) is 0 Å². The molecule has 9 heteroatoms. The third-order valence-corrected chi connectivity index (χ3v) is 6.52. The smallest absolute Gasteiger partial charge is 0.229 e. The van der Waals surface area contributed by atoms with Gasteiger partial charge in [0, 0.05) is 37.7 Å². The molecule has 1 aliphatic carbocycles. The van der Waals surface area contributed by atoms with Gasteiger partial charge in [0.2, 0.25) is 11.9 Å². The number of anilines is 2. The van der Waals surface area contributed by atoms with Crippen LogP contribution in [-0.2, 0) is 20.0 Å². The molecule has 168 valence electrons. The zero-order valence-corrected chi connectivity index (χ0v) is 18.6. The summed E-state index contributed by atoms with van der Waals surface area (Å²) in [6.45, 7) is 2.89. The molecule has 0 saturated heterocycles. The highest BCUT2D eigenvalue weighted by Gasteiger charge is 2.25. The first-order valence-corrected chi connectivity index (χ1v) is 11.4. The van der Waals surface area contributed by atoms with Crippen molar-refractivity contribution in [2.45, 2.75) is 51.6 Å². The minimum absolute atomic E-state index is 0.184. The summed E-state index contributed by atoms with van der Waals surface area (Å²) < 4.78 is 3.78. The molecule has 0 aliphatic heterocycles. The van der Waals surface area contributed by atoms with Crippen LogP contribution in [-0.4, -0.2) is 46.9 Å². The number of nitrogens with one attached hydrogen (secondary N) is 2. The minimum atomic E-state index is 0.184. The molecule has 3 aromatic heterocycles. The van der Waals surface area contributed by atoms with E-state index < -0.39 is 0 Å². The van der Waals surface area contributed by atoms with Gasteiger partial charge in [-0.15, -0.1) is 0 Å². The second kappa shape index (κ2) is 8.74. The zero-order chi connectivity index (χ0) is 22.1. The van der Waals surface area contributed by atoms with Gasteiger partial charge in [-0.05, 0) is 37.0 Å². The molecule has 9 nitrogen and oxygen atoms in total. The van der Waals surface area contributed by atoms with E-state index in [4.69, 9.17) is 9.97 Å². The maximum absolute atomic E-state index is 9.79. The lowest BCUT2D eigenvalue weighted by atomic mass is 9.85. The van der Waals surface area contributed by atoms with Crippen molar-refractivity contribution in [3.8, 4) is 0 Å². The van der Waals surface area contributed by atoms with Gasteiger partial charge in [0.15, 0.2) is 5.65 Å². The number of aromatic nitrogens is 6. The average molecular weight is 435 g/mol. The number of aliphatic hydroxyl groups excluding tert-OH is 1. The van der Waals surface area contributed by atoms with Gasteiger partial charge in [-0.3, -0.25) is 0 Å². The first kappa shape index (κ1) is 20.7. The highest BCUT2D eigenvalue weighted by atomic mass is 16.3. The Balaban J connectivity index is 1.43. The Kier molecular flexibility index (Phi) is 5.65. The molecule has 4 aromatic rings. The second-order valence-electron chi connectivity index (χ2n) is 8.64. The van der Waals surface area contributed by atoms with Gasteiger partial charge in [-0.1, -0.05) is 25.8 Å². The van der Waals surface area contributed by atoms with Crippen molar-refractivity contribution in [1.82, 2.24) is 29.1 Å². The summed E-state index contributed by atoms with van der Waals surface area (Å²) in [6, 6.07) is 6.46. The number of aliphatic hydroxyl groups is 1. The summed E-state index contributed by atoms with van der Waals surface area (Å²) in [6.07, 6.45) is 8.91. The quantitative estimate of drug-likeness (QED) is 0.410. The molecular formula is C23H30N8O. The third kappa shape index (κ3) is 3.88. The number of imidazole rings is 1. The van der Waals surface area contributed by atoms with E-state index in [2.05, 4.69) is 45.8 Å². The van der Waals surface area contributed by atoms with Gasteiger partial charge in [-0.25, -0.2) is 4.98 Å². The van der Waals surface area contributed by atoms with Gasteiger partial charge in [-0.2, -0.15) is 19.6 Å². The van der Waals surface area contributed by atoms with Crippen LogP contribution in [0, 0.1) is 5.92 Å². The molecule has 0 radical (unpaired) electrons. The first-order valence-electron chi connectivity index (χ1n) is 11.4. The molecule has 1 saturated carbocycles. The van der Waals surface area contributed by atoms with Crippen LogP contribution >= 0.6 is 0 Å². The lowest BCUT2D eigenvalue weighted by Crippen LogP contribution is -2.35. The Hall–Kier alpha value is -3.20. The van der Waals surface area contributed by atoms with E-state index in [9.17, 15) is 5.11 Å². The van der Waals surface area contributed by atoms with Crippen LogP contribution < -0.4 is 10.6 Å². The second-order valence-corrected chi connectivity index (χ2v) is 8.64. The summed E-state index contributed by atoms with van der Waals surface area (Å²) in [4.78, 5) is 14.0. The summed E-state index contributed by atoms with van der Waals surface area (Å²) in [5, 5.41) is 21.3. The Morgan fingerprint density at radius 3 is 2.91 bits per heavy atom. The molecule has 0 amide bonds. The number of hydrogen-bond acceptors (Lipinski definition) is 7. The molecule has 1 fully saturated rings. The van der Waals surface area contributed by atoms with Crippen molar-refractivity contribution in [2.75, 3.05) is 17.2 Å². The van der Waals surface area contributed by atoms with E-state index in [1.807, 2.05) is 24.1 Å². The van der Waals surface area contributed by atoms with E-state index in [0.29, 0.717) is 18.4 Å². The standard InChI is InChI=1S/C23H30N8O/c1-3-16-12-26-31-21(16)28-22(27-18-7-5-4-6-17(18)13-32)29-23(31)24-11-15-8-9-20-19(10-15)25-14-30(20)2/h8-10,12,14,17-18,32H,3-7,11,13H2,1-2H3,(H2,24,27,28,29)/t17-,18-/m0/s1. The van der Waals surface area contributed by atoms with Gasteiger partial charge in [0.25, 0.3) is 0 Å². The molecule has 32 heavy (non-hydrogen) atoms. The fourth-order valence-electron chi connectivity index (χ4n) is 4.61. The topological polar surface area (TPSA) is 105 Å². The van der Waals surface area contributed by atoms with Gasteiger partial charge < -0.3 is 20.3 Å². The Labute approximate surface area is 186 Å². The number of rotatable bonds is 7. The van der Waals surface area contributed by atoms with Crippen molar-refractivity contribution in [3.05, 3.63) is 41.9 Å². The Morgan fingerprint density at radius 1 is 1.19 bits per heavy atom.